The number of anilines is 2. The largest absolute Gasteiger partial charge is 0.418 e. The minimum Gasteiger partial charge on any atom is -0.324 e. The van der Waals surface area contributed by atoms with Crippen molar-refractivity contribution in [2.24, 2.45) is 0 Å². The second-order valence-corrected chi connectivity index (χ2v) is 12.4. The van der Waals surface area contributed by atoms with Gasteiger partial charge in [0.2, 0.25) is 5.91 Å². The molecule has 248 valence electrons. The molecule has 5 rings (SSSR count). The quantitative estimate of drug-likeness (QED) is 0.100. The highest BCUT2D eigenvalue weighted by Gasteiger charge is 2.35. The van der Waals surface area contributed by atoms with E-state index in [1.807, 2.05) is 31.2 Å². The lowest BCUT2D eigenvalue weighted by Crippen LogP contribution is -2.30. The van der Waals surface area contributed by atoms with Gasteiger partial charge in [0.15, 0.2) is 0 Å². The molecule has 5 aromatic carbocycles. The van der Waals surface area contributed by atoms with Crippen LogP contribution in [0.4, 0.5) is 24.5 Å². The molecule has 0 aliphatic heterocycles. The fraction of sp³-hybridized carbons (Fsp3) is 0.0789. The van der Waals surface area contributed by atoms with Crippen molar-refractivity contribution < 1.29 is 27.6 Å². The van der Waals surface area contributed by atoms with Gasteiger partial charge >= 0.3 is 6.18 Å². The third-order valence-corrected chi connectivity index (χ3v) is 8.73. The first kappa shape index (κ1) is 35.0. The van der Waals surface area contributed by atoms with E-state index in [9.17, 15) is 27.6 Å². The normalized spacial score (nSPS) is 12.1. The number of amides is 3. The number of carbonyl (C=O) groups is 3. The van der Waals surface area contributed by atoms with Gasteiger partial charge in [-0.15, -0.1) is 11.8 Å². The minimum atomic E-state index is -4.75. The summed E-state index contributed by atoms with van der Waals surface area (Å²) in [6, 6.07) is 34.3. The smallest absolute Gasteiger partial charge is 0.324 e. The summed E-state index contributed by atoms with van der Waals surface area (Å²) < 4.78 is 41.3. The molecule has 0 saturated carbocycles. The molecule has 11 heteroatoms. The van der Waals surface area contributed by atoms with Crippen LogP contribution in [0.5, 0.6) is 0 Å². The molecule has 0 saturated heterocycles. The highest BCUT2D eigenvalue weighted by Crippen LogP contribution is 2.40. The lowest BCUT2D eigenvalue weighted by Gasteiger charge is -2.20. The van der Waals surface area contributed by atoms with E-state index >= 15 is 0 Å². The van der Waals surface area contributed by atoms with E-state index in [-0.39, 0.29) is 10.7 Å². The lowest BCUT2D eigenvalue weighted by atomic mass is 10.1. The molecule has 3 amide bonds. The molecule has 1 atom stereocenters. The molecule has 5 aromatic rings. The zero-order valence-electron chi connectivity index (χ0n) is 25.9. The number of hydrogen-bond acceptors (Lipinski definition) is 4. The second-order valence-electron chi connectivity index (χ2n) is 10.8. The lowest BCUT2D eigenvalue weighted by molar-refractivity contribution is -0.137. The van der Waals surface area contributed by atoms with Crippen LogP contribution >= 0.6 is 23.4 Å². The Labute approximate surface area is 290 Å². The first-order valence-electron chi connectivity index (χ1n) is 14.9. The summed E-state index contributed by atoms with van der Waals surface area (Å²) in [6.07, 6.45) is -3.16. The number of benzene rings is 5. The minimum absolute atomic E-state index is 0.00572. The fourth-order valence-corrected chi connectivity index (χ4v) is 6.04. The monoisotopic (exact) mass is 699 g/mol. The fourth-order valence-electron chi connectivity index (χ4n) is 4.79. The van der Waals surface area contributed by atoms with Crippen LogP contribution in [0.3, 0.4) is 0 Å². The molecule has 0 aromatic heterocycles. The van der Waals surface area contributed by atoms with Gasteiger partial charge < -0.3 is 16.0 Å². The third-order valence-electron chi connectivity index (χ3n) is 7.25. The van der Waals surface area contributed by atoms with Crippen molar-refractivity contribution in [3.63, 3.8) is 0 Å². The molecular formula is C38H29ClF3N3O3S. The van der Waals surface area contributed by atoms with Crippen molar-refractivity contribution >= 4 is 58.5 Å². The number of carbonyl (C=O) groups excluding carboxylic acids is 3. The van der Waals surface area contributed by atoms with E-state index in [1.54, 1.807) is 91.0 Å². The predicted octanol–water partition coefficient (Wildman–Crippen LogP) is 9.55. The van der Waals surface area contributed by atoms with Crippen LogP contribution in [-0.2, 0) is 15.8 Å². The van der Waals surface area contributed by atoms with Crippen LogP contribution in [0, 0.1) is 6.92 Å². The SMILES string of the molecule is Cc1ccccc1/C=C(\NC(=O)c1ccccc1)C(=O)Nc1cccc(SC(C(=O)Nc2ccc(Cl)cc2C(F)(F)F)c2ccccc2)c1. The van der Waals surface area contributed by atoms with E-state index in [2.05, 4.69) is 16.0 Å². The van der Waals surface area contributed by atoms with Crippen molar-refractivity contribution in [1.82, 2.24) is 5.32 Å². The summed E-state index contributed by atoms with van der Waals surface area (Å²) in [4.78, 5) is 40.8. The van der Waals surface area contributed by atoms with E-state index in [0.717, 1.165) is 35.0 Å². The van der Waals surface area contributed by atoms with E-state index in [1.165, 1.54) is 6.07 Å². The van der Waals surface area contributed by atoms with Gasteiger partial charge in [0.05, 0.1) is 11.3 Å². The molecule has 0 heterocycles. The molecule has 0 bridgehead atoms. The van der Waals surface area contributed by atoms with Crippen molar-refractivity contribution in [3.05, 3.63) is 166 Å². The number of nitrogens with one attached hydrogen (secondary N) is 3. The summed E-state index contributed by atoms with van der Waals surface area (Å²) in [7, 11) is 0. The Kier molecular flexibility index (Phi) is 11.2. The summed E-state index contributed by atoms with van der Waals surface area (Å²) >= 11 is 6.92. The molecule has 0 aliphatic rings. The van der Waals surface area contributed by atoms with Gasteiger partial charge in [-0.25, -0.2) is 0 Å². The van der Waals surface area contributed by atoms with Crippen LogP contribution in [0.25, 0.3) is 6.08 Å². The number of thioether (sulfide) groups is 1. The first-order valence-corrected chi connectivity index (χ1v) is 16.2. The predicted molar refractivity (Wildman–Crippen MR) is 188 cm³/mol. The van der Waals surface area contributed by atoms with Crippen LogP contribution in [0.2, 0.25) is 5.02 Å². The van der Waals surface area contributed by atoms with E-state index in [4.69, 9.17) is 11.6 Å². The Morgan fingerprint density at radius 3 is 2.14 bits per heavy atom. The van der Waals surface area contributed by atoms with Gasteiger partial charge in [0, 0.05) is 21.2 Å². The molecule has 0 radical (unpaired) electrons. The zero-order chi connectivity index (χ0) is 35.0. The molecule has 49 heavy (non-hydrogen) atoms. The van der Waals surface area contributed by atoms with Crippen LogP contribution < -0.4 is 16.0 Å². The Morgan fingerprint density at radius 2 is 1.45 bits per heavy atom. The van der Waals surface area contributed by atoms with E-state index in [0.29, 0.717) is 21.7 Å². The maximum atomic E-state index is 13.8. The van der Waals surface area contributed by atoms with Crippen LogP contribution in [-0.4, -0.2) is 17.7 Å². The van der Waals surface area contributed by atoms with E-state index < -0.39 is 40.4 Å². The molecule has 3 N–H and O–H groups in total. The Balaban J connectivity index is 1.40. The van der Waals surface area contributed by atoms with Crippen molar-refractivity contribution in [2.45, 2.75) is 23.2 Å². The highest BCUT2D eigenvalue weighted by atomic mass is 35.5. The maximum Gasteiger partial charge on any atom is 0.418 e. The van der Waals surface area contributed by atoms with Crippen molar-refractivity contribution in [1.29, 1.82) is 0 Å². The van der Waals surface area contributed by atoms with Gasteiger partial charge in [-0.1, -0.05) is 90.5 Å². The number of alkyl halides is 3. The number of rotatable bonds is 10. The van der Waals surface area contributed by atoms with Gasteiger partial charge in [-0.05, 0) is 78.2 Å². The van der Waals surface area contributed by atoms with Gasteiger partial charge in [0.1, 0.15) is 10.9 Å². The third kappa shape index (κ3) is 9.40. The average molecular weight is 700 g/mol. The Morgan fingerprint density at radius 1 is 0.776 bits per heavy atom. The molecule has 6 nitrogen and oxygen atoms in total. The van der Waals surface area contributed by atoms with Gasteiger partial charge in [-0.3, -0.25) is 14.4 Å². The van der Waals surface area contributed by atoms with Crippen molar-refractivity contribution in [2.75, 3.05) is 10.6 Å². The maximum absolute atomic E-state index is 13.8. The van der Waals surface area contributed by atoms with Gasteiger partial charge in [0.25, 0.3) is 11.8 Å². The topological polar surface area (TPSA) is 87.3 Å². The van der Waals surface area contributed by atoms with Crippen LogP contribution in [0.15, 0.2) is 138 Å². The Bertz CT molecular complexity index is 2000. The number of halogens is 4. The second kappa shape index (κ2) is 15.7. The molecule has 1 unspecified atom stereocenters. The average Bonchev–Trinajstić information content (AvgIpc) is 3.09. The van der Waals surface area contributed by atoms with Gasteiger partial charge in [-0.2, -0.15) is 13.2 Å². The highest BCUT2D eigenvalue weighted by molar-refractivity contribution is 8.00. The summed E-state index contributed by atoms with van der Waals surface area (Å²) in [5.74, 6) is -1.74. The summed E-state index contributed by atoms with van der Waals surface area (Å²) in [5.41, 5.74) is 1.43. The van der Waals surface area contributed by atoms with Crippen molar-refractivity contribution in [3.8, 4) is 0 Å². The summed E-state index contributed by atoms with van der Waals surface area (Å²) in [5, 5.41) is 6.88. The standard InChI is InChI=1S/C38H29ClF3N3O3S/c1-24-11-8-9-16-27(24)21-33(45-35(46)26-14-6-3-7-15-26)36(47)43-29-17-10-18-30(23-29)49-34(25-12-4-2-5-13-25)37(48)44-32-20-19-28(39)22-31(32)38(40,41)42/h2-23,34H,1H3,(H,43,47)(H,44,48)(H,45,46)/b33-21-. The molecule has 0 aliphatic carbocycles. The molecule has 0 spiro atoms. The zero-order valence-corrected chi connectivity index (χ0v) is 27.5. The number of hydrogen-bond donors (Lipinski definition) is 3. The molecular weight excluding hydrogens is 671 g/mol. The number of aryl methyl sites for hydroxylation is 1. The van der Waals surface area contributed by atoms with Crippen LogP contribution in [0.1, 0.15) is 37.9 Å². The Hall–Kier alpha value is -5.32. The molecule has 0 fully saturated rings. The first-order chi connectivity index (χ1) is 23.5. The summed E-state index contributed by atoms with van der Waals surface area (Å²) in [6.45, 7) is 1.89.